The summed E-state index contributed by atoms with van der Waals surface area (Å²) in [6.07, 6.45) is -0.935. The summed E-state index contributed by atoms with van der Waals surface area (Å²) in [5.74, 6) is -0.439. The Morgan fingerprint density at radius 1 is 1.37 bits per heavy atom. The number of nitrogens with zero attached hydrogens (tertiary/aromatic N) is 2. The number of aliphatic hydroxyl groups excluding tert-OH is 1. The van der Waals surface area contributed by atoms with Crippen molar-refractivity contribution in [2.45, 2.75) is 19.6 Å². The Hall–Kier alpha value is -1.46. The number of aliphatic hydroxyl groups is 1. The summed E-state index contributed by atoms with van der Waals surface area (Å²) in [7, 11) is 0. The predicted octanol–water partition coefficient (Wildman–Crippen LogP) is 0.851. The average Bonchev–Trinajstić information content (AvgIpc) is 2.39. The second kappa shape index (κ2) is 6.12. The van der Waals surface area contributed by atoms with Crippen LogP contribution in [0.4, 0.5) is 4.39 Å². The van der Waals surface area contributed by atoms with Gasteiger partial charge in [-0.2, -0.15) is 0 Å². The molecule has 5 heteroatoms. The van der Waals surface area contributed by atoms with Gasteiger partial charge in [0.05, 0.1) is 0 Å². The van der Waals surface area contributed by atoms with Crippen LogP contribution < -0.4 is 0 Å². The third-order valence-electron chi connectivity index (χ3n) is 3.34. The first kappa shape index (κ1) is 14.0. The lowest BCUT2D eigenvalue weighted by Gasteiger charge is -2.35. The molecule has 0 aromatic heterocycles. The summed E-state index contributed by atoms with van der Waals surface area (Å²) in [5.41, 5.74) is 0.940. The van der Waals surface area contributed by atoms with Gasteiger partial charge < -0.3 is 10.0 Å². The number of hydrogen-bond acceptors (Lipinski definition) is 3. The summed E-state index contributed by atoms with van der Waals surface area (Å²) in [5, 5.41) is 9.26. The lowest BCUT2D eigenvalue weighted by atomic mass is 10.2. The summed E-state index contributed by atoms with van der Waals surface area (Å²) >= 11 is 0. The van der Waals surface area contributed by atoms with E-state index in [9.17, 15) is 14.3 Å². The maximum Gasteiger partial charge on any atom is 0.251 e. The molecule has 1 aliphatic heterocycles. The lowest BCUT2D eigenvalue weighted by molar-refractivity contribution is -0.141. The zero-order valence-electron chi connectivity index (χ0n) is 11.1. The van der Waals surface area contributed by atoms with Crippen molar-refractivity contribution in [2.75, 3.05) is 26.2 Å². The van der Waals surface area contributed by atoms with Crippen LogP contribution in [0.1, 0.15) is 12.5 Å². The first-order chi connectivity index (χ1) is 9.06. The van der Waals surface area contributed by atoms with E-state index in [-0.39, 0.29) is 11.7 Å². The molecule has 1 amide bonds. The van der Waals surface area contributed by atoms with Crippen molar-refractivity contribution in [3.05, 3.63) is 35.6 Å². The van der Waals surface area contributed by atoms with Crippen LogP contribution in [0.3, 0.4) is 0 Å². The normalized spacial score (nSPS) is 18.4. The number of rotatable bonds is 3. The minimum absolute atomic E-state index is 0.217. The maximum atomic E-state index is 13.1. The number of carbonyl (C=O) groups excluding carboxylic acids is 1. The third-order valence-corrected chi connectivity index (χ3v) is 3.34. The summed E-state index contributed by atoms with van der Waals surface area (Å²) in [6.45, 7) is 4.89. The second-order valence-electron chi connectivity index (χ2n) is 4.91. The van der Waals surface area contributed by atoms with E-state index >= 15 is 0 Å². The standard InChI is InChI=1S/C14H19FN2O2/c1-11(18)14(19)17-7-5-16(6-8-17)10-12-3-2-4-13(15)9-12/h2-4,9,11,18H,5-8,10H2,1H3. The van der Waals surface area contributed by atoms with Crippen molar-refractivity contribution in [2.24, 2.45) is 0 Å². The Labute approximate surface area is 112 Å². The monoisotopic (exact) mass is 266 g/mol. The van der Waals surface area contributed by atoms with Gasteiger partial charge in [0.2, 0.25) is 0 Å². The van der Waals surface area contributed by atoms with Crippen LogP contribution in [-0.4, -0.2) is 53.1 Å². The molecule has 1 unspecified atom stereocenters. The van der Waals surface area contributed by atoms with Crippen LogP contribution in [-0.2, 0) is 11.3 Å². The van der Waals surface area contributed by atoms with E-state index in [0.717, 1.165) is 18.7 Å². The lowest BCUT2D eigenvalue weighted by Crippen LogP contribution is -2.50. The van der Waals surface area contributed by atoms with Crippen LogP contribution in [0.2, 0.25) is 0 Å². The van der Waals surface area contributed by atoms with Crippen molar-refractivity contribution >= 4 is 5.91 Å². The molecule has 19 heavy (non-hydrogen) atoms. The van der Waals surface area contributed by atoms with Gasteiger partial charge >= 0.3 is 0 Å². The van der Waals surface area contributed by atoms with Crippen molar-refractivity contribution in [1.29, 1.82) is 0 Å². The zero-order valence-corrected chi connectivity index (χ0v) is 11.1. The Morgan fingerprint density at radius 2 is 2.05 bits per heavy atom. The van der Waals surface area contributed by atoms with Gasteiger partial charge in [0, 0.05) is 32.7 Å². The molecule has 1 atom stereocenters. The summed E-state index contributed by atoms with van der Waals surface area (Å²) in [4.78, 5) is 15.5. The highest BCUT2D eigenvalue weighted by atomic mass is 19.1. The average molecular weight is 266 g/mol. The van der Waals surface area contributed by atoms with Crippen LogP contribution in [0.25, 0.3) is 0 Å². The minimum atomic E-state index is -0.935. The van der Waals surface area contributed by atoms with Crippen LogP contribution in [0.15, 0.2) is 24.3 Å². The summed E-state index contributed by atoms with van der Waals surface area (Å²) < 4.78 is 13.1. The fourth-order valence-electron chi connectivity index (χ4n) is 2.28. The largest absolute Gasteiger partial charge is 0.384 e. The predicted molar refractivity (Wildman–Crippen MR) is 69.9 cm³/mol. The van der Waals surface area contributed by atoms with Gasteiger partial charge in [-0.25, -0.2) is 4.39 Å². The highest BCUT2D eigenvalue weighted by Gasteiger charge is 2.23. The highest BCUT2D eigenvalue weighted by Crippen LogP contribution is 2.10. The van der Waals surface area contributed by atoms with E-state index < -0.39 is 6.10 Å². The molecule has 2 rings (SSSR count). The Kier molecular flexibility index (Phi) is 4.50. The van der Waals surface area contributed by atoms with Gasteiger partial charge in [0.15, 0.2) is 0 Å². The van der Waals surface area contributed by atoms with E-state index in [1.165, 1.54) is 19.1 Å². The van der Waals surface area contributed by atoms with E-state index in [1.807, 2.05) is 6.07 Å². The molecule has 0 bridgehead atoms. The Morgan fingerprint density at radius 3 is 2.63 bits per heavy atom. The van der Waals surface area contributed by atoms with E-state index in [2.05, 4.69) is 4.90 Å². The van der Waals surface area contributed by atoms with Crippen molar-refractivity contribution in [1.82, 2.24) is 9.80 Å². The number of piperazine rings is 1. The van der Waals surface area contributed by atoms with Gasteiger partial charge in [-0.1, -0.05) is 12.1 Å². The first-order valence-electron chi connectivity index (χ1n) is 6.50. The topological polar surface area (TPSA) is 43.8 Å². The van der Waals surface area contributed by atoms with Crippen molar-refractivity contribution < 1.29 is 14.3 Å². The molecule has 1 fully saturated rings. The second-order valence-corrected chi connectivity index (χ2v) is 4.91. The molecular weight excluding hydrogens is 247 g/mol. The molecule has 1 heterocycles. The molecule has 0 saturated carbocycles. The molecule has 1 aromatic carbocycles. The summed E-state index contributed by atoms with van der Waals surface area (Å²) in [6, 6.07) is 6.57. The molecule has 1 aliphatic rings. The number of hydrogen-bond donors (Lipinski definition) is 1. The Bertz CT molecular complexity index is 443. The molecule has 1 N–H and O–H groups in total. The molecule has 0 spiro atoms. The number of halogens is 1. The zero-order chi connectivity index (χ0) is 13.8. The van der Waals surface area contributed by atoms with Crippen molar-refractivity contribution in [3.8, 4) is 0 Å². The fraction of sp³-hybridized carbons (Fsp3) is 0.500. The Balaban J connectivity index is 1.85. The molecule has 4 nitrogen and oxygen atoms in total. The molecule has 1 aromatic rings. The first-order valence-corrected chi connectivity index (χ1v) is 6.50. The quantitative estimate of drug-likeness (QED) is 0.882. The van der Waals surface area contributed by atoms with E-state index in [1.54, 1.807) is 11.0 Å². The van der Waals surface area contributed by atoms with Crippen LogP contribution in [0, 0.1) is 5.82 Å². The molecule has 104 valence electrons. The fourth-order valence-corrected chi connectivity index (χ4v) is 2.28. The van der Waals surface area contributed by atoms with E-state index in [4.69, 9.17) is 0 Å². The van der Waals surface area contributed by atoms with Gasteiger partial charge in [-0.15, -0.1) is 0 Å². The smallest absolute Gasteiger partial charge is 0.251 e. The number of carbonyl (C=O) groups is 1. The van der Waals surface area contributed by atoms with E-state index in [0.29, 0.717) is 19.6 Å². The molecule has 0 aliphatic carbocycles. The number of benzene rings is 1. The molecular formula is C14H19FN2O2. The highest BCUT2D eigenvalue weighted by molar-refractivity contribution is 5.80. The number of amides is 1. The van der Waals surface area contributed by atoms with Gasteiger partial charge in [0.25, 0.3) is 5.91 Å². The third kappa shape index (κ3) is 3.75. The van der Waals surface area contributed by atoms with Gasteiger partial charge in [-0.05, 0) is 24.6 Å². The van der Waals surface area contributed by atoms with Gasteiger partial charge in [-0.3, -0.25) is 9.69 Å². The maximum absolute atomic E-state index is 13.1. The molecule has 1 saturated heterocycles. The van der Waals surface area contributed by atoms with Crippen LogP contribution >= 0.6 is 0 Å². The minimum Gasteiger partial charge on any atom is -0.384 e. The SMILES string of the molecule is CC(O)C(=O)N1CCN(Cc2cccc(F)c2)CC1. The van der Waals surface area contributed by atoms with Crippen LogP contribution in [0.5, 0.6) is 0 Å². The molecule has 0 radical (unpaired) electrons. The van der Waals surface area contributed by atoms with Gasteiger partial charge in [0.1, 0.15) is 11.9 Å². The van der Waals surface area contributed by atoms with Crippen molar-refractivity contribution in [3.63, 3.8) is 0 Å².